The minimum Gasteiger partial charge on any atom is -0.478 e. The van der Waals surface area contributed by atoms with Gasteiger partial charge in [-0.15, -0.1) is 0 Å². The number of carbonyl (C=O) groups excluding carboxylic acids is 1. The van der Waals surface area contributed by atoms with Crippen molar-refractivity contribution in [3.8, 4) is 0 Å². The molecule has 0 saturated heterocycles. The van der Waals surface area contributed by atoms with Gasteiger partial charge in [0.2, 0.25) is 0 Å². The van der Waals surface area contributed by atoms with Crippen LogP contribution in [0.25, 0.3) is 0 Å². The molecule has 0 unspecified atom stereocenters. The van der Waals surface area contributed by atoms with Crippen molar-refractivity contribution in [3.05, 3.63) is 28.8 Å². The fourth-order valence-electron chi connectivity index (χ4n) is 1.67. The number of hydrogen-bond donors (Lipinski definition) is 3. The van der Waals surface area contributed by atoms with E-state index in [9.17, 15) is 9.59 Å². The van der Waals surface area contributed by atoms with Gasteiger partial charge in [-0.3, -0.25) is 0 Å². The number of carboxylic acids is 1. The second-order valence-electron chi connectivity index (χ2n) is 4.95. The van der Waals surface area contributed by atoms with E-state index in [1.807, 2.05) is 0 Å². The summed E-state index contributed by atoms with van der Waals surface area (Å²) in [5, 5.41) is 14.5. The maximum absolute atomic E-state index is 11.6. The van der Waals surface area contributed by atoms with E-state index in [-0.39, 0.29) is 16.6 Å². The van der Waals surface area contributed by atoms with Crippen LogP contribution in [0.5, 0.6) is 0 Å². The number of carboxylic acid groups (broad SMARTS) is 1. The zero-order chi connectivity index (χ0) is 15.1. The monoisotopic (exact) mass is 298 g/mol. The topological polar surface area (TPSA) is 78.4 Å². The summed E-state index contributed by atoms with van der Waals surface area (Å²) in [4.78, 5) is 22.5. The molecule has 0 aromatic heterocycles. The highest BCUT2D eigenvalue weighted by Crippen LogP contribution is 2.19. The average Bonchev–Trinajstić information content (AvgIpc) is 2.33. The minimum absolute atomic E-state index is 0.0348. The first-order valence-corrected chi connectivity index (χ1v) is 6.85. The molecule has 0 aliphatic rings. The minimum atomic E-state index is -1.09. The molecule has 1 aromatic rings. The molecule has 0 atom stereocenters. The number of carbonyl (C=O) groups is 2. The molecule has 3 N–H and O–H groups in total. The number of rotatable bonds is 6. The molecule has 2 amide bonds. The van der Waals surface area contributed by atoms with Gasteiger partial charge in [-0.05, 0) is 37.0 Å². The van der Waals surface area contributed by atoms with E-state index in [2.05, 4.69) is 24.5 Å². The highest BCUT2D eigenvalue weighted by Gasteiger charge is 2.08. The van der Waals surface area contributed by atoms with Crippen molar-refractivity contribution < 1.29 is 14.7 Å². The Hall–Kier alpha value is -1.75. The lowest BCUT2D eigenvalue weighted by Crippen LogP contribution is -2.29. The Bertz CT molecular complexity index is 489. The van der Waals surface area contributed by atoms with E-state index in [0.717, 1.165) is 12.8 Å². The normalized spacial score (nSPS) is 10.4. The van der Waals surface area contributed by atoms with Crippen molar-refractivity contribution in [2.75, 3.05) is 11.9 Å². The summed E-state index contributed by atoms with van der Waals surface area (Å²) in [6.45, 7) is 4.83. The molecule has 0 bridgehead atoms. The summed E-state index contributed by atoms with van der Waals surface area (Å²) in [6.07, 6.45) is 1.95. The molecular formula is C14H19ClN2O3. The number of anilines is 1. The number of nitrogens with one attached hydrogen (secondary N) is 2. The van der Waals surface area contributed by atoms with Crippen molar-refractivity contribution in [2.24, 2.45) is 5.92 Å². The van der Waals surface area contributed by atoms with Gasteiger partial charge in [0.25, 0.3) is 0 Å². The van der Waals surface area contributed by atoms with Crippen LogP contribution in [0.4, 0.5) is 10.5 Å². The molecule has 5 nitrogen and oxygen atoms in total. The lowest BCUT2D eigenvalue weighted by atomic mass is 10.1. The quantitative estimate of drug-likeness (QED) is 0.702. The zero-order valence-electron chi connectivity index (χ0n) is 11.6. The van der Waals surface area contributed by atoms with Crippen LogP contribution in [0.3, 0.4) is 0 Å². The molecule has 0 radical (unpaired) electrons. The van der Waals surface area contributed by atoms with E-state index < -0.39 is 5.97 Å². The third-order valence-corrected chi connectivity index (χ3v) is 2.86. The fourth-order valence-corrected chi connectivity index (χ4v) is 1.91. The summed E-state index contributed by atoms with van der Waals surface area (Å²) in [6, 6.07) is 3.83. The first-order chi connectivity index (χ1) is 9.38. The van der Waals surface area contributed by atoms with Crippen LogP contribution in [0.2, 0.25) is 5.02 Å². The Kier molecular flexibility index (Phi) is 6.31. The fraction of sp³-hybridized carbons (Fsp3) is 0.429. The lowest BCUT2D eigenvalue weighted by Gasteiger charge is -2.09. The smallest absolute Gasteiger partial charge is 0.335 e. The molecule has 0 fully saturated rings. The molecule has 1 aromatic carbocycles. The Balaban J connectivity index is 2.51. The molecule has 0 spiro atoms. The van der Waals surface area contributed by atoms with Crippen LogP contribution in [-0.4, -0.2) is 23.7 Å². The third-order valence-electron chi connectivity index (χ3n) is 2.65. The summed E-state index contributed by atoms with van der Waals surface area (Å²) in [7, 11) is 0. The second-order valence-corrected chi connectivity index (χ2v) is 5.39. The van der Waals surface area contributed by atoms with Gasteiger partial charge in [-0.2, -0.15) is 0 Å². The predicted molar refractivity (Wildman–Crippen MR) is 79.5 cm³/mol. The molecule has 0 heterocycles. The maximum atomic E-state index is 11.6. The number of amides is 2. The molecule has 0 saturated carbocycles. The van der Waals surface area contributed by atoms with Crippen molar-refractivity contribution in [1.82, 2.24) is 5.32 Å². The van der Waals surface area contributed by atoms with Crippen LogP contribution in [0, 0.1) is 5.92 Å². The van der Waals surface area contributed by atoms with Gasteiger partial charge in [-0.1, -0.05) is 25.4 Å². The van der Waals surface area contributed by atoms with Crippen molar-refractivity contribution in [2.45, 2.75) is 26.7 Å². The van der Waals surface area contributed by atoms with Gasteiger partial charge < -0.3 is 15.7 Å². The Labute approximate surface area is 123 Å². The summed E-state index contributed by atoms with van der Waals surface area (Å²) in [5.74, 6) is -0.487. The van der Waals surface area contributed by atoms with E-state index in [0.29, 0.717) is 18.2 Å². The van der Waals surface area contributed by atoms with Gasteiger partial charge >= 0.3 is 12.0 Å². The molecule has 110 valence electrons. The predicted octanol–water partition coefficient (Wildman–Crippen LogP) is 3.60. The molecule has 0 aliphatic heterocycles. The SMILES string of the molecule is CC(C)CCCNC(=O)Nc1cc(Cl)cc(C(=O)O)c1. The van der Waals surface area contributed by atoms with Crippen molar-refractivity contribution >= 4 is 29.3 Å². The highest BCUT2D eigenvalue weighted by atomic mass is 35.5. The molecule has 0 aliphatic carbocycles. The number of halogens is 1. The van der Waals surface area contributed by atoms with Gasteiger partial charge in [0.1, 0.15) is 0 Å². The Morgan fingerprint density at radius 2 is 2.00 bits per heavy atom. The molecule has 1 rings (SSSR count). The van der Waals surface area contributed by atoms with E-state index in [1.165, 1.54) is 18.2 Å². The second kappa shape index (κ2) is 7.75. The van der Waals surface area contributed by atoms with Crippen LogP contribution in [0.15, 0.2) is 18.2 Å². The third kappa shape index (κ3) is 5.93. The number of urea groups is 1. The van der Waals surface area contributed by atoms with Crippen LogP contribution in [-0.2, 0) is 0 Å². The summed E-state index contributed by atoms with van der Waals surface area (Å²) >= 11 is 5.80. The van der Waals surface area contributed by atoms with E-state index in [4.69, 9.17) is 16.7 Å². The van der Waals surface area contributed by atoms with Gasteiger partial charge in [0.15, 0.2) is 0 Å². The van der Waals surface area contributed by atoms with Crippen molar-refractivity contribution in [1.29, 1.82) is 0 Å². The molecular weight excluding hydrogens is 280 g/mol. The van der Waals surface area contributed by atoms with Crippen LogP contribution in [0.1, 0.15) is 37.0 Å². The Morgan fingerprint density at radius 3 is 2.60 bits per heavy atom. The first-order valence-electron chi connectivity index (χ1n) is 6.47. The lowest BCUT2D eigenvalue weighted by molar-refractivity contribution is 0.0697. The number of benzene rings is 1. The van der Waals surface area contributed by atoms with Gasteiger partial charge in [0.05, 0.1) is 5.56 Å². The summed E-state index contributed by atoms with van der Waals surface area (Å²) < 4.78 is 0. The average molecular weight is 299 g/mol. The Morgan fingerprint density at radius 1 is 1.30 bits per heavy atom. The maximum Gasteiger partial charge on any atom is 0.335 e. The summed E-state index contributed by atoms with van der Waals surface area (Å²) in [5.41, 5.74) is 0.392. The highest BCUT2D eigenvalue weighted by molar-refractivity contribution is 6.31. The zero-order valence-corrected chi connectivity index (χ0v) is 12.3. The number of hydrogen-bond acceptors (Lipinski definition) is 2. The van der Waals surface area contributed by atoms with Crippen LogP contribution < -0.4 is 10.6 Å². The largest absolute Gasteiger partial charge is 0.478 e. The molecule has 6 heteroatoms. The number of aromatic carboxylic acids is 1. The van der Waals surface area contributed by atoms with E-state index >= 15 is 0 Å². The van der Waals surface area contributed by atoms with Gasteiger partial charge in [0, 0.05) is 17.3 Å². The van der Waals surface area contributed by atoms with Crippen molar-refractivity contribution in [3.63, 3.8) is 0 Å². The van der Waals surface area contributed by atoms with Gasteiger partial charge in [-0.25, -0.2) is 9.59 Å². The molecule has 20 heavy (non-hydrogen) atoms. The first kappa shape index (κ1) is 16.3. The van der Waals surface area contributed by atoms with Crippen LogP contribution >= 0.6 is 11.6 Å². The van der Waals surface area contributed by atoms with E-state index in [1.54, 1.807) is 0 Å². The standard InChI is InChI=1S/C14H19ClN2O3/c1-9(2)4-3-5-16-14(20)17-12-7-10(13(18)19)6-11(15)8-12/h6-9H,3-5H2,1-2H3,(H,18,19)(H2,16,17,20).